The zero-order valence-corrected chi connectivity index (χ0v) is 14.7. The van der Waals surface area contributed by atoms with Crippen LogP contribution in [0.5, 0.6) is 5.75 Å². The van der Waals surface area contributed by atoms with Gasteiger partial charge in [0.2, 0.25) is 0 Å². The molecule has 1 N–H and O–H groups in total. The summed E-state index contributed by atoms with van der Waals surface area (Å²) in [6, 6.07) is 7.42. The predicted molar refractivity (Wildman–Crippen MR) is 93.4 cm³/mol. The van der Waals surface area contributed by atoms with Crippen molar-refractivity contribution < 1.29 is 14.3 Å². The van der Waals surface area contributed by atoms with Gasteiger partial charge in [-0.15, -0.1) is 0 Å². The van der Waals surface area contributed by atoms with Crippen LogP contribution in [0, 0.1) is 0 Å². The van der Waals surface area contributed by atoms with Crippen molar-refractivity contribution in [2.45, 2.75) is 32.7 Å². The molecule has 0 saturated carbocycles. The van der Waals surface area contributed by atoms with E-state index in [0.717, 1.165) is 12.8 Å². The number of ether oxygens (including phenoxy) is 1. The third kappa shape index (κ3) is 4.40. The lowest BCUT2D eigenvalue weighted by molar-refractivity contribution is 0.0703. The molecule has 2 rings (SSSR count). The second-order valence-corrected chi connectivity index (χ2v) is 5.96. The van der Waals surface area contributed by atoms with Gasteiger partial charge in [-0.05, 0) is 38.8 Å². The quantitative estimate of drug-likeness (QED) is 0.900. The van der Waals surface area contributed by atoms with E-state index in [4.69, 9.17) is 4.74 Å². The maximum Gasteiger partial charge on any atom is 0.317 e. The van der Waals surface area contributed by atoms with E-state index in [1.54, 1.807) is 18.0 Å². The van der Waals surface area contributed by atoms with E-state index in [1.165, 1.54) is 0 Å². The first kappa shape index (κ1) is 18.1. The zero-order valence-electron chi connectivity index (χ0n) is 14.7. The standard InChI is InChI=1S/C18H27N3O3/c1-4-20(3)18(23)19-14-10-12-21(13-11-14)17(22)15-8-6-7-9-16(15)24-5-2/h6-9,14H,4-5,10-13H2,1-3H3,(H,19,23). The number of piperidine rings is 1. The van der Waals surface area contributed by atoms with Gasteiger partial charge in [-0.25, -0.2) is 4.79 Å². The highest BCUT2D eigenvalue weighted by atomic mass is 16.5. The van der Waals surface area contributed by atoms with Crippen molar-refractivity contribution >= 4 is 11.9 Å². The van der Waals surface area contributed by atoms with Gasteiger partial charge < -0.3 is 19.9 Å². The fourth-order valence-corrected chi connectivity index (χ4v) is 2.75. The average molecular weight is 333 g/mol. The maximum atomic E-state index is 12.7. The van der Waals surface area contributed by atoms with Gasteiger partial charge >= 0.3 is 6.03 Å². The van der Waals surface area contributed by atoms with Crippen molar-refractivity contribution in [2.24, 2.45) is 0 Å². The van der Waals surface area contributed by atoms with Gasteiger partial charge in [0.1, 0.15) is 5.75 Å². The largest absolute Gasteiger partial charge is 0.493 e. The van der Waals surface area contributed by atoms with Crippen molar-refractivity contribution in [3.05, 3.63) is 29.8 Å². The van der Waals surface area contributed by atoms with Gasteiger partial charge in [-0.1, -0.05) is 12.1 Å². The monoisotopic (exact) mass is 333 g/mol. The van der Waals surface area contributed by atoms with Crippen molar-refractivity contribution in [3.8, 4) is 5.75 Å². The number of hydrogen-bond acceptors (Lipinski definition) is 3. The molecular formula is C18H27N3O3. The summed E-state index contributed by atoms with van der Waals surface area (Å²) in [6.07, 6.45) is 1.54. The Morgan fingerprint density at radius 2 is 1.92 bits per heavy atom. The molecule has 0 radical (unpaired) electrons. The highest BCUT2D eigenvalue weighted by molar-refractivity contribution is 5.97. The van der Waals surface area contributed by atoms with Gasteiger partial charge in [0.15, 0.2) is 0 Å². The van der Waals surface area contributed by atoms with Crippen LogP contribution in [0.2, 0.25) is 0 Å². The van der Waals surface area contributed by atoms with E-state index in [1.807, 2.05) is 36.9 Å². The number of hydrogen-bond donors (Lipinski definition) is 1. The predicted octanol–water partition coefficient (Wildman–Crippen LogP) is 2.35. The van der Waals surface area contributed by atoms with Crippen LogP contribution in [-0.4, -0.2) is 61.1 Å². The van der Waals surface area contributed by atoms with Crippen LogP contribution in [0.1, 0.15) is 37.0 Å². The summed E-state index contributed by atoms with van der Waals surface area (Å²) in [5.74, 6) is 0.625. The molecule has 0 unspecified atom stereocenters. The number of urea groups is 1. The van der Waals surface area contributed by atoms with E-state index in [0.29, 0.717) is 37.6 Å². The summed E-state index contributed by atoms with van der Waals surface area (Å²) < 4.78 is 5.55. The second-order valence-electron chi connectivity index (χ2n) is 5.96. The molecule has 0 aliphatic carbocycles. The molecule has 1 fully saturated rings. The van der Waals surface area contributed by atoms with E-state index in [9.17, 15) is 9.59 Å². The van der Waals surface area contributed by atoms with Gasteiger partial charge in [-0.2, -0.15) is 0 Å². The number of para-hydroxylation sites is 1. The Balaban J connectivity index is 1.92. The van der Waals surface area contributed by atoms with Crippen molar-refractivity contribution in [2.75, 3.05) is 33.3 Å². The summed E-state index contributed by atoms with van der Waals surface area (Å²) in [7, 11) is 1.78. The normalized spacial score (nSPS) is 15.0. The second kappa shape index (κ2) is 8.57. The SMILES string of the molecule is CCOc1ccccc1C(=O)N1CCC(NC(=O)N(C)CC)CC1. The van der Waals surface area contributed by atoms with Crippen LogP contribution in [0.4, 0.5) is 4.79 Å². The summed E-state index contributed by atoms with van der Waals surface area (Å²) in [5, 5.41) is 3.02. The van der Waals surface area contributed by atoms with E-state index in [2.05, 4.69) is 5.32 Å². The Hall–Kier alpha value is -2.24. The zero-order chi connectivity index (χ0) is 17.5. The molecule has 0 spiro atoms. The molecule has 6 heteroatoms. The number of nitrogens with zero attached hydrogens (tertiary/aromatic N) is 2. The third-order valence-corrected chi connectivity index (χ3v) is 4.35. The Bertz CT molecular complexity index is 568. The van der Waals surface area contributed by atoms with Crippen LogP contribution < -0.4 is 10.1 Å². The minimum atomic E-state index is -0.0519. The van der Waals surface area contributed by atoms with Crippen LogP contribution in [0.25, 0.3) is 0 Å². The van der Waals surface area contributed by atoms with Crippen LogP contribution >= 0.6 is 0 Å². The fourth-order valence-electron chi connectivity index (χ4n) is 2.75. The van der Waals surface area contributed by atoms with Crippen LogP contribution in [0.3, 0.4) is 0 Å². The molecule has 0 bridgehead atoms. The highest BCUT2D eigenvalue weighted by Crippen LogP contribution is 2.22. The topological polar surface area (TPSA) is 61.9 Å². The molecule has 1 saturated heterocycles. The molecule has 1 aromatic carbocycles. The van der Waals surface area contributed by atoms with Crippen molar-refractivity contribution in [3.63, 3.8) is 0 Å². The summed E-state index contributed by atoms with van der Waals surface area (Å²) in [5.41, 5.74) is 0.604. The summed E-state index contributed by atoms with van der Waals surface area (Å²) in [4.78, 5) is 28.1. The van der Waals surface area contributed by atoms with Gasteiger partial charge in [0.05, 0.1) is 12.2 Å². The average Bonchev–Trinajstić information content (AvgIpc) is 2.61. The van der Waals surface area contributed by atoms with Gasteiger partial charge in [0, 0.05) is 32.7 Å². The fraction of sp³-hybridized carbons (Fsp3) is 0.556. The van der Waals surface area contributed by atoms with Crippen molar-refractivity contribution in [1.29, 1.82) is 0 Å². The van der Waals surface area contributed by atoms with E-state index < -0.39 is 0 Å². The molecule has 132 valence electrons. The molecule has 3 amide bonds. The van der Waals surface area contributed by atoms with Gasteiger partial charge in [-0.3, -0.25) is 4.79 Å². The Kier molecular flexibility index (Phi) is 6.46. The lowest BCUT2D eigenvalue weighted by Gasteiger charge is -2.33. The first-order valence-corrected chi connectivity index (χ1v) is 8.59. The van der Waals surface area contributed by atoms with Gasteiger partial charge in [0.25, 0.3) is 5.91 Å². The summed E-state index contributed by atoms with van der Waals surface area (Å²) in [6.45, 7) is 6.33. The smallest absolute Gasteiger partial charge is 0.317 e. The number of carbonyl (C=O) groups is 2. The molecule has 1 aliphatic rings. The van der Waals surface area contributed by atoms with Crippen LogP contribution in [0.15, 0.2) is 24.3 Å². The molecular weight excluding hydrogens is 306 g/mol. The molecule has 1 heterocycles. The number of rotatable bonds is 5. The first-order valence-electron chi connectivity index (χ1n) is 8.59. The van der Waals surface area contributed by atoms with Crippen molar-refractivity contribution in [1.82, 2.24) is 15.1 Å². The maximum absolute atomic E-state index is 12.7. The molecule has 0 atom stereocenters. The number of benzene rings is 1. The Labute approximate surface area is 143 Å². The minimum Gasteiger partial charge on any atom is -0.493 e. The lowest BCUT2D eigenvalue weighted by atomic mass is 10.0. The molecule has 1 aliphatic heterocycles. The number of likely N-dealkylation sites (tertiary alicyclic amines) is 1. The number of carbonyl (C=O) groups excluding carboxylic acids is 2. The lowest BCUT2D eigenvalue weighted by Crippen LogP contribution is -2.49. The highest BCUT2D eigenvalue weighted by Gasteiger charge is 2.26. The number of nitrogens with one attached hydrogen (secondary N) is 1. The summed E-state index contributed by atoms with van der Waals surface area (Å²) >= 11 is 0. The number of amides is 3. The molecule has 6 nitrogen and oxygen atoms in total. The minimum absolute atomic E-state index is 0.00509. The Morgan fingerprint density at radius 1 is 1.25 bits per heavy atom. The first-order chi connectivity index (χ1) is 11.6. The van der Waals surface area contributed by atoms with E-state index in [-0.39, 0.29) is 18.0 Å². The van der Waals surface area contributed by atoms with E-state index >= 15 is 0 Å². The molecule has 1 aromatic rings. The molecule has 24 heavy (non-hydrogen) atoms. The third-order valence-electron chi connectivity index (χ3n) is 4.35. The Morgan fingerprint density at radius 3 is 2.54 bits per heavy atom. The molecule has 0 aromatic heterocycles. The van der Waals surface area contributed by atoms with Crippen LogP contribution in [-0.2, 0) is 0 Å².